The second-order valence-corrected chi connectivity index (χ2v) is 6.87. The predicted molar refractivity (Wildman–Crippen MR) is 111 cm³/mol. The molecule has 0 radical (unpaired) electrons. The molecule has 2 rings (SSSR count). The number of hydrogen-bond acceptors (Lipinski definition) is 4. The van der Waals surface area contributed by atoms with Crippen LogP contribution in [0.15, 0.2) is 35.4 Å². The molecule has 2 aromatic rings. The van der Waals surface area contributed by atoms with E-state index in [2.05, 4.69) is 78.5 Å². The summed E-state index contributed by atoms with van der Waals surface area (Å²) < 4.78 is 0. The normalized spacial score (nSPS) is 12.9. The molecule has 1 aromatic heterocycles. The third kappa shape index (κ3) is 5.65. The number of anilines is 1. The smallest absolute Gasteiger partial charge is 0.243 e. The van der Waals surface area contributed by atoms with Crippen LogP contribution in [0.5, 0.6) is 0 Å². The molecule has 4 nitrogen and oxygen atoms in total. The summed E-state index contributed by atoms with van der Waals surface area (Å²) in [4.78, 5) is 9.15. The van der Waals surface area contributed by atoms with Gasteiger partial charge >= 0.3 is 0 Å². The highest BCUT2D eigenvalue weighted by Crippen LogP contribution is 2.19. The quantitative estimate of drug-likeness (QED) is 0.463. The molecule has 1 heterocycles. The van der Waals surface area contributed by atoms with Crippen LogP contribution in [0.4, 0.5) is 5.95 Å². The molecule has 26 heavy (non-hydrogen) atoms. The number of unbranched alkanes of at least 4 members (excludes halogenated alkanes) is 1. The van der Waals surface area contributed by atoms with Crippen LogP contribution in [-0.2, 0) is 12.8 Å². The van der Waals surface area contributed by atoms with Gasteiger partial charge in [0.1, 0.15) is 0 Å². The Morgan fingerprint density at radius 2 is 1.77 bits per heavy atom. The predicted octanol–water partition coefficient (Wildman–Crippen LogP) is 5.73. The number of hydrazone groups is 1. The van der Waals surface area contributed by atoms with E-state index in [1.165, 1.54) is 5.56 Å². The van der Waals surface area contributed by atoms with Gasteiger partial charge in [0, 0.05) is 11.4 Å². The molecule has 0 aliphatic carbocycles. The molecule has 1 atom stereocenters. The van der Waals surface area contributed by atoms with Gasteiger partial charge in [-0.3, -0.25) is 0 Å². The Balaban J connectivity index is 2.12. The van der Waals surface area contributed by atoms with Gasteiger partial charge in [0.15, 0.2) is 0 Å². The highest BCUT2D eigenvalue weighted by Gasteiger charge is 2.06. The second kappa shape index (κ2) is 10.0. The Kier molecular flexibility index (Phi) is 7.76. The summed E-state index contributed by atoms with van der Waals surface area (Å²) >= 11 is 0. The molecule has 0 bridgehead atoms. The highest BCUT2D eigenvalue weighted by molar-refractivity contribution is 5.99. The van der Waals surface area contributed by atoms with Gasteiger partial charge in [-0.1, -0.05) is 58.4 Å². The minimum atomic E-state index is 0.589. The van der Waals surface area contributed by atoms with E-state index in [-0.39, 0.29) is 0 Å². The third-order valence-electron chi connectivity index (χ3n) is 4.81. The zero-order valence-electron chi connectivity index (χ0n) is 16.8. The fourth-order valence-corrected chi connectivity index (χ4v) is 2.76. The lowest BCUT2D eigenvalue weighted by Crippen LogP contribution is -2.06. The van der Waals surface area contributed by atoms with Gasteiger partial charge in [-0.2, -0.15) is 5.10 Å². The first-order valence-electron chi connectivity index (χ1n) is 9.84. The van der Waals surface area contributed by atoms with Crippen LogP contribution in [0.2, 0.25) is 0 Å². The van der Waals surface area contributed by atoms with E-state index in [0.717, 1.165) is 54.8 Å². The lowest BCUT2D eigenvalue weighted by Gasteiger charge is -2.10. The van der Waals surface area contributed by atoms with Gasteiger partial charge < -0.3 is 0 Å². The van der Waals surface area contributed by atoms with Crippen molar-refractivity contribution in [2.45, 2.75) is 72.6 Å². The first kappa shape index (κ1) is 20.1. The van der Waals surface area contributed by atoms with Gasteiger partial charge in [-0.05, 0) is 55.7 Å². The summed E-state index contributed by atoms with van der Waals surface area (Å²) in [6, 6.07) is 10.8. The van der Waals surface area contributed by atoms with Gasteiger partial charge in [-0.25, -0.2) is 15.4 Å². The van der Waals surface area contributed by atoms with E-state index in [0.29, 0.717) is 11.9 Å². The number of aryl methyl sites for hydroxylation is 2. The number of nitrogens with one attached hydrogen (secondary N) is 1. The van der Waals surface area contributed by atoms with E-state index in [1.54, 1.807) is 0 Å². The molecule has 140 valence electrons. The third-order valence-corrected chi connectivity index (χ3v) is 4.81. The number of rotatable bonds is 9. The largest absolute Gasteiger partial charge is 0.245 e. The van der Waals surface area contributed by atoms with Crippen molar-refractivity contribution in [3.63, 3.8) is 0 Å². The fraction of sp³-hybridized carbons (Fsp3) is 0.500. The van der Waals surface area contributed by atoms with Crippen molar-refractivity contribution in [3.8, 4) is 0 Å². The van der Waals surface area contributed by atoms with Crippen LogP contribution in [-0.4, -0.2) is 15.7 Å². The molecule has 0 amide bonds. The number of nitrogens with zero attached hydrogens (tertiary/aromatic N) is 3. The molecule has 0 saturated heterocycles. The van der Waals surface area contributed by atoms with Crippen LogP contribution in [0.25, 0.3) is 0 Å². The van der Waals surface area contributed by atoms with E-state index >= 15 is 0 Å². The lowest BCUT2D eigenvalue weighted by molar-refractivity contribution is 0.733. The van der Waals surface area contributed by atoms with Crippen molar-refractivity contribution in [1.82, 2.24) is 9.97 Å². The Labute approximate surface area is 158 Å². The molecule has 0 saturated carbocycles. The van der Waals surface area contributed by atoms with Crippen LogP contribution >= 0.6 is 0 Å². The first-order chi connectivity index (χ1) is 12.6. The van der Waals surface area contributed by atoms with E-state index < -0.39 is 0 Å². The molecule has 4 heteroatoms. The van der Waals surface area contributed by atoms with Gasteiger partial charge in [0.2, 0.25) is 5.95 Å². The Bertz CT molecular complexity index is 719. The zero-order chi connectivity index (χ0) is 18.9. The molecule has 1 unspecified atom stereocenters. The van der Waals surface area contributed by atoms with Crippen LogP contribution < -0.4 is 5.43 Å². The van der Waals surface area contributed by atoms with Crippen molar-refractivity contribution < 1.29 is 0 Å². The average molecular weight is 353 g/mol. The number of hydrogen-bond donors (Lipinski definition) is 1. The summed E-state index contributed by atoms with van der Waals surface area (Å²) in [6.07, 6.45) is 5.35. The molecule has 1 aromatic carbocycles. The van der Waals surface area contributed by atoms with Gasteiger partial charge in [0.05, 0.1) is 5.71 Å². The molecule has 0 spiro atoms. The van der Waals surface area contributed by atoms with Crippen molar-refractivity contribution in [2.75, 3.05) is 5.43 Å². The monoisotopic (exact) mass is 352 g/mol. The van der Waals surface area contributed by atoms with Crippen molar-refractivity contribution >= 4 is 11.7 Å². The number of benzene rings is 1. The molecular formula is C22H32N4. The molecule has 1 N–H and O–H groups in total. The Morgan fingerprint density at radius 3 is 2.38 bits per heavy atom. The SMILES string of the molecule is CCCCc1cc(CC)nc(NN=C(C)c2ccc(C(C)CC)cc2)n1. The fourth-order valence-electron chi connectivity index (χ4n) is 2.76. The summed E-state index contributed by atoms with van der Waals surface area (Å²) in [5, 5.41) is 4.50. The topological polar surface area (TPSA) is 50.2 Å². The first-order valence-corrected chi connectivity index (χ1v) is 9.84. The summed E-state index contributed by atoms with van der Waals surface area (Å²) in [5.41, 5.74) is 8.61. The molecular weight excluding hydrogens is 320 g/mol. The second-order valence-electron chi connectivity index (χ2n) is 6.87. The van der Waals surface area contributed by atoms with E-state index in [9.17, 15) is 0 Å². The maximum atomic E-state index is 4.60. The van der Waals surface area contributed by atoms with Crippen molar-refractivity contribution in [3.05, 3.63) is 52.8 Å². The maximum absolute atomic E-state index is 4.60. The minimum absolute atomic E-state index is 0.589. The van der Waals surface area contributed by atoms with Gasteiger partial charge in [0.25, 0.3) is 0 Å². The zero-order valence-corrected chi connectivity index (χ0v) is 16.8. The molecule has 0 aliphatic heterocycles. The maximum Gasteiger partial charge on any atom is 0.243 e. The number of aromatic nitrogens is 2. The molecule has 0 aliphatic rings. The average Bonchev–Trinajstić information content (AvgIpc) is 2.69. The van der Waals surface area contributed by atoms with E-state index in [4.69, 9.17) is 0 Å². The minimum Gasteiger partial charge on any atom is -0.245 e. The van der Waals surface area contributed by atoms with Crippen molar-refractivity contribution in [1.29, 1.82) is 0 Å². The van der Waals surface area contributed by atoms with Crippen molar-refractivity contribution in [2.24, 2.45) is 5.10 Å². The van der Waals surface area contributed by atoms with E-state index in [1.807, 2.05) is 6.92 Å². The molecule has 0 fully saturated rings. The lowest BCUT2D eigenvalue weighted by atomic mass is 9.97. The van der Waals surface area contributed by atoms with Crippen LogP contribution in [0, 0.1) is 0 Å². The summed E-state index contributed by atoms with van der Waals surface area (Å²) in [7, 11) is 0. The Hall–Kier alpha value is -2.23. The summed E-state index contributed by atoms with van der Waals surface area (Å²) in [6.45, 7) is 10.8. The van der Waals surface area contributed by atoms with Gasteiger partial charge in [-0.15, -0.1) is 0 Å². The standard InChI is InChI=1S/C22H32N4/c1-6-9-10-21-15-20(8-3)23-22(24-21)26-25-17(5)19-13-11-18(12-14-19)16(4)7-2/h11-16H,6-10H2,1-5H3,(H,23,24,26). The van der Waals surface area contributed by atoms with Crippen LogP contribution in [0.1, 0.15) is 82.3 Å². The van der Waals surface area contributed by atoms with Crippen LogP contribution in [0.3, 0.4) is 0 Å². The summed E-state index contributed by atoms with van der Waals surface area (Å²) in [5.74, 6) is 1.18. The Morgan fingerprint density at radius 1 is 1.08 bits per heavy atom. The highest BCUT2D eigenvalue weighted by atomic mass is 15.4.